The number of amides is 1. The highest BCUT2D eigenvalue weighted by Crippen LogP contribution is 2.23. The molecule has 0 radical (unpaired) electrons. The van der Waals surface area contributed by atoms with Crippen molar-refractivity contribution >= 4 is 5.91 Å². The summed E-state index contributed by atoms with van der Waals surface area (Å²) in [7, 11) is 1.17. The molecule has 0 saturated carbocycles. The molecule has 1 aromatic carbocycles. The minimum Gasteiger partial charge on any atom is -0.491 e. The van der Waals surface area contributed by atoms with Gasteiger partial charge in [-0.1, -0.05) is 0 Å². The highest BCUT2D eigenvalue weighted by Gasteiger charge is 2.21. The first-order valence-corrected chi connectivity index (χ1v) is 5.53. The molecule has 0 aromatic heterocycles. The molecule has 0 N–H and O–H groups in total. The van der Waals surface area contributed by atoms with Gasteiger partial charge in [0.25, 0.3) is 5.91 Å². The first-order valence-electron chi connectivity index (χ1n) is 5.53. The standard InChI is InChI=1S/C12H13F2NO3/c1-17-11-9(13)6-8(7-10(11)14)12(16)15-2-4-18-5-3-15/h6-7H,2-5H2,1H3. The molecule has 18 heavy (non-hydrogen) atoms. The van der Waals surface area contributed by atoms with Crippen LogP contribution in [0.5, 0.6) is 5.75 Å². The number of benzene rings is 1. The lowest BCUT2D eigenvalue weighted by Gasteiger charge is -2.27. The summed E-state index contributed by atoms with van der Waals surface area (Å²) < 4.78 is 36.6. The molecule has 0 spiro atoms. The van der Waals surface area contributed by atoms with Gasteiger partial charge in [-0.05, 0) is 12.1 Å². The van der Waals surface area contributed by atoms with Gasteiger partial charge in [-0.25, -0.2) is 8.78 Å². The molecule has 1 saturated heterocycles. The third-order valence-electron chi connectivity index (χ3n) is 2.75. The van der Waals surface area contributed by atoms with Gasteiger partial charge in [-0.2, -0.15) is 0 Å². The maximum Gasteiger partial charge on any atom is 0.254 e. The molecule has 2 rings (SSSR count). The van der Waals surface area contributed by atoms with E-state index in [1.165, 1.54) is 12.0 Å². The third-order valence-corrected chi connectivity index (χ3v) is 2.75. The van der Waals surface area contributed by atoms with E-state index >= 15 is 0 Å². The van der Waals surface area contributed by atoms with Crippen LogP contribution in [0.25, 0.3) is 0 Å². The Bertz CT molecular complexity index is 436. The number of hydrogen-bond acceptors (Lipinski definition) is 3. The minimum absolute atomic E-state index is 0.0206. The molecule has 6 heteroatoms. The Morgan fingerprint density at radius 2 is 1.83 bits per heavy atom. The van der Waals surface area contributed by atoms with Gasteiger partial charge in [-0.15, -0.1) is 0 Å². The SMILES string of the molecule is COc1c(F)cc(C(=O)N2CCOCC2)cc1F. The van der Waals surface area contributed by atoms with Crippen molar-refractivity contribution in [1.82, 2.24) is 4.90 Å². The quantitative estimate of drug-likeness (QED) is 0.804. The van der Waals surface area contributed by atoms with Crippen LogP contribution in [-0.2, 0) is 4.74 Å². The predicted octanol–water partition coefficient (Wildman–Crippen LogP) is 1.45. The van der Waals surface area contributed by atoms with Gasteiger partial charge in [-0.3, -0.25) is 4.79 Å². The zero-order valence-electron chi connectivity index (χ0n) is 9.91. The van der Waals surface area contributed by atoms with Crippen molar-refractivity contribution in [1.29, 1.82) is 0 Å². The highest BCUT2D eigenvalue weighted by molar-refractivity contribution is 5.94. The van der Waals surface area contributed by atoms with Crippen molar-refractivity contribution in [3.8, 4) is 5.75 Å². The Balaban J connectivity index is 2.25. The number of morpholine rings is 1. The molecule has 98 valence electrons. The smallest absolute Gasteiger partial charge is 0.254 e. The van der Waals surface area contributed by atoms with Gasteiger partial charge in [0, 0.05) is 18.7 Å². The summed E-state index contributed by atoms with van der Waals surface area (Å²) in [5.41, 5.74) is -0.0206. The largest absolute Gasteiger partial charge is 0.491 e. The fourth-order valence-electron chi connectivity index (χ4n) is 1.83. The van der Waals surface area contributed by atoms with Gasteiger partial charge >= 0.3 is 0 Å². The first kappa shape index (κ1) is 12.8. The van der Waals surface area contributed by atoms with E-state index in [1.54, 1.807) is 0 Å². The molecular weight excluding hydrogens is 244 g/mol. The Morgan fingerprint density at radius 1 is 1.28 bits per heavy atom. The van der Waals surface area contributed by atoms with Crippen LogP contribution in [0.15, 0.2) is 12.1 Å². The van der Waals surface area contributed by atoms with E-state index in [2.05, 4.69) is 4.74 Å². The van der Waals surface area contributed by atoms with Crippen LogP contribution in [0, 0.1) is 11.6 Å². The Labute approximate surface area is 103 Å². The van der Waals surface area contributed by atoms with Crippen LogP contribution in [0.1, 0.15) is 10.4 Å². The van der Waals surface area contributed by atoms with Crippen LogP contribution in [0.2, 0.25) is 0 Å². The lowest BCUT2D eigenvalue weighted by molar-refractivity contribution is 0.0302. The number of hydrogen-bond donors (Lipinski definition) is 0. The second-order valence-corrected chi connectivity index (χ2v) is 3.88. The monoisotopic (exact) mass is 257 g/mol. The summed E-state index contributed by atoms with van der Waals surface area (Å²) >= 11 is 0. The van der Waals surface area contributed by atoms with Crippen LogP contribution >= 0.6 is 0 Å². The first-order chi connectivity index (χ1) is 8.63. The fourth-order valence-corrected chi connectivity index (χ4v) is 1.83. The predicted molar refractivity (Wildman–Crippen MR) is 59.6 cm³/mol. The number of carbonyl (C=O) groups is 1. The van der Waals surface area contributed by atoms with Crippen molar-refractivity contribution in [3.05, 3.63) is 29.3 Å². The van der Waals surface area contributed by atoms with Gasteiger partial charge in [0.05, 0.1) is 20.3 Å². The number of ether oxygens (including phenoxy) is 2. The van der Waals surface area contributed by atoms with Gasteiger partial charge in [0.15, 0.2) is 17.4 Å². The lowest BCUT2D eigenvalue weighted by atomic mass is 10.1. The van der Waals surface area contributed by atoms with Gasteiger partial charge in [0.1, 0.15) is 0 Å². The average molecular weight is 257 g/mol. The summed E-state index contributed by atoms with van der Waals surface area (Å²) in [6.45, 7) is 1.72. The van der Waals surface area contributed by atoms with E-state index in [-0.39, 0.29) is 5.56 Å². The van der Waals surface area contributed by atoms with Crippen LogP contribution in [-0.4, -0.2) is 44.2 Å². The summed E-state index contributed by atoms with van der Waals surface area (Å²) in [5, 5.41) is 0. The third kappa shape index (κ3) is 2.43. The molecule has 1 fully saturated rings. The Hall–Kier alpha value is -1.69. The van der Waals surface area contributed by atoms with E-state index < -0.39 is 23.3 Å². The zero-order chi connectivity index (χ0) is 13.1. The van der Waals surface area contributed by atoms with Gasteiger partial charge < -0.3 is 14.4 Å². The van der Waals surface area contributed by atoms with Crippen LogP contribution in [0.4, 0.5) is 8.78 Å². The lowest BCUT2D eigenvalue weighted by Crippen LogP contribution is -2.40. The fraction of sp³-hybridized carbons (Fsp3) is 0.417. The summed E-state index contributed by atoms with van der Waals surface area (Å²) in [5.74, 6) is -2.64. The zero-order valence-corrected chi connectivity index (χ0v) is 9.91. The van der Waals surface area contributed by atoms with Crippen molar-refractivity contribution in [3.63, 3.8) is 0 Å². The van der Waals surface area contributed by atoms with E-state index in [9.17, 15) is 13.6 Å². The molecule has 1 aliphatic heterocycles. The van der Waals surface area contributed by atoms with Crippen molar-refractivity contribution in [2.24, 2.45) is 0 Å². The number of carbonyl (C=O) groups excluding carboxylic acids is 1. The number of methoxy groups -OCH3 is 1. The van der Waals surface area contributed by atoms with Crippen LogP contribution < -0.4 is 4.74 Å². The second kappa shape index (κ2) is 5.30. The van der Waals surface area contributed by atoms with E-state index in [4.69, 9.17) is 4.74 Å². The summed E-state index contributed by atoms with van der Waals surface area (Å²) in [6.07, 6.45) is 0. The normalized spacial score (nSPS) is 15.6. The molecule has 1 aliphatic rings. The summed E-state index contributed by atoms with van der Waals surface area (Å²) in [6, 6.07) is 1.97. The Kier molecular flexibility index (Phi) is 3.76. The van der Waals surface area contributed by atoms with Crippen molar-refractivity contribution in [2.45, 2.75) is 0 Å². The van der Waals surface area contributed by atoms with E-state index in [0.717, 1.165) is 12.1 Å². The molecule has 0 aliphatic carbocycles. The number of halogens is 2. The molecule has 1 aromatic rings. The second-order valence-electron chi connectivity index (χ2n) is 3.88. The number of nitrogens with zero attached hydrogens (tertiary/aromatic N) is 1. The molecule has 0 atom stereocenters. The number of rotatable bonds is 2. The maximum atomic E-state index is 13.5. The van der Waals surface area contributed by atoms with Crippen molar-refractivity contribution < 1.29 is 23.0 Å². The van der Waals surface area contributed by atoms with Gasteiger partial charge in [0.2, 0.25) is 0 Å². The van der Waals surface area contributed by atoms with Crippen LogP contribution in [0.3, 0.4) is 0 Å². The topological polar surface area (TPSA) is 38.8 Å². The van der Waals surface area contributed by atoms with Crippen molar-refractivity contribution in [2.75, 3.05) is 33.4 Å². The minimum atomic E-state index is -0.880. The molecule has 0 bridgehead atoms. The average Bonchev–Trinajstić information content (AvgIpc) is 2.38. The highest BCUT2D eigenvalue weighted by atomic mass is 19.1. The molecule has 1 amide bonds. The maximum absolute atomic E-state index is 13.5. The summed E-state index contributed by atoms with van der Waals surface area (Å²) in [4.78, 5) is 13.5. The molecule has 1 heterocycles. The van der Waals surface area contributed by atoms with E-state index in [1.807, 2.05) is 0 Å². The molecule has 0 unspecified atom stereocenters. The van der Waals surface area contributed by atoms with E-state index in [0.29, 0.717) is 26.3 Å². The Morgan fingerprint density at radius 3 is 2.33 bits per heavy atom. The molecule has 4 nitrogen and oxygen atoms in total. The molecular formula is C12H13F2NO3.